The highest BCUT2D eigenvalue weighted by atomic mass is 32.1. The molecule has 14 nitrogen and oxygen atoms in total. The van der Waals surface area contributed by atoms with E-state index in [0.717, 1.165) is 49.6 Å². The van der Waals surface area contributed by atoms with Gasteiger partial charge in [0.25, 0.3) is 5.91 Å². The number of piperidine rings is 1. The van der Waals surface area contributed by atoms with Crippen LogP contribution in [-0.4, -0.2) is 117 Å². The van der Waals surface area contributed by atoms with Crippen molar-refractivity contribution in [1.82, 2.24) is 25.0 Å². The lowest BCUT2D eigenvalue weighted by Crippen LogP contribution is -2.58. The Hall–Kier alpha value is -4.70. The molecule has 6 rings (SSSR count). The van der Waals surface area contributed by atoms with Gasteiger partial charge in [-0.25, -0.2) is 4.98 Å². The number of pyridine rings is 1. The van der Waals surface area contributed by atoms with E-state index >= 15 is 0 Å². The van der Waals surface area contributed by atoms with Crippen LogP contribution in [0.4, 0.5) is 30.2 Å². The number of amides is 4. The number of rotatable bonds is 11. The minimum Gasteiger partial charge on any atom is -0.377 e. The van der Waals surface area contributed by atoms with Crippen LogP contribution in [0.2, 0.25) is 0 Å². The van der Waals surface area contributed by atoms with Crippen molar-refractivity contribution in [2.75, 3.05) is 48.3 Å². The van der Waals surface area contributed by atoms with Crippen molar-refractivity contribution in [2.24, 2.45) is 0 Å². The molecule has 3 N–H and O–H groups in total. The van der Waals surface area contributed by atoms with E-state index in [1.165, 1.54) is 6.07 Å². The summed E-state index contributed by atoms with van der Waals surface area (Å²) >= 11 is 5.71. The molecule has 3 saturated heterocycles. The molecule has 0 unspecified atom stereocenters. The first kappa shape index (κ1) is 41.9. The first-order valence-electron chi connectivity index (χ1n) is 19.2. The maximum absolute atomic E-state index is 13.7. The van der Waals surface area contributed by atoms with Crippen molar-refractivity contribution >= 4 is 58.0 Å². The zero-order chi connectivity index (χ0) is 41.2. The second-order valence-electron chi connectivity index (χ2n) is 15.8. The van der Waals surface area contributed by atoms with Crippen LogP contribution < -0.4 is 20.9 Å². The van der Waals surface area contributed by atoms with Crippen LogP contribution in [0.15, 0.2) is 36.5 Å². The third kappa shape index (κ3) is 9.38. The van der Waals surface area contributed by atoms with Crippen molar-refractivity contribution in [3.05, 3.63) is 47.8 Å². The molecule has 4 amide bonds. The fraction of sp³-hybridized carbons (Fsp3) is 0.564. The number of piperazine rings is 1. The third-order valence-electron chi connectivity index (χ3n) is 11.3. The van der Waals surface area contributed by atoms with E-state index in [-0.39, 0.29) is 65.7 Å². The normalized spacial score (nSPS) is 26.0. The quantitative estimate of drug-likeness (QED) is 0.219. The SMILES string of the molecule is C[C@@H]1CN(CCOC2CCC(N3C(=S)N(c4cnc(C#N)c(C(F)(F)F)c4)C(=O)C3(C)C)CC2)C[C@H](C)N1CC(=O)Nc1cccc(N[C@@H]2CCC(=O)NC2=O)c1. The first-order chi connectivity index (χ1) is 27.0. The number of hydrogen-bond acceptors (Lipinski definition) is 11. The van der Waals surface area contributed by atoms with Gasteiger partial charge in [0.05, 0.1) is 36.7 Å². The van der Waals surface area contributed by atoms with Crippen LogP contribution in [-0.2, 0) is 30.1 Å². The molecule has 4 fully saturated rings. The highest BCUT2D eigenvalue weighted by Gasteiger charge is 2.53. The van der Waals surface area contributed by atoms with E-state index in [9.17, 15) is 32.3 Å². The molecule has 4 aliphatic rings. The molecular formula is C39H48F3N9O5S. The lowest BCUT2D eigenvalue weighted by molar-refractivity contribution is -0.138. The second kappa shape index (κ2) is 17.0. The maximum atomic E-state index is 13.7. The molecule has 18 heteroatoms. The topological polar surface area (TPSA) is 163 Å². The molecule has 4 heterocycles. The molecule has 1 saturated carbocycles. The first-order valence-corrected chi connectivity index (χ1v) is 19.6. The van der Waals surface area contributed by atoms with Crippen molar-refractivity contribution in [1.29, 1.82) is 5.26 Å². The van der Waals surface area contributed by atoms with Crippen LogP contribution in [0, 0.1) is 11.3 Å². The monoisotopic (exact) mass is 811 g/mol. The number of nitrogens with one attached hydrogen (secondary N) is 3. The Kier molecular flexibility index (Phi) is 12.5. The predicted octanol–water partition coefficient (Wildman–Crippen LogP) is 4.26. The zero-order valence-electron chi connectivity index (χ0n) is 32.4. The number of benzene rings is 1. The number of hydrogen-bond donors (Lipinski definition) is 3. The van der Waals surface area contributed by atoms with Crippen molar-refractivity contribution in [3.63, 3.8) is 0 Å². The van der Waals surface area contributed by atoms with E-state index in [0.29, 0.717) is 37.2 Å². The molecule has 0 bridgehead atoms. The molecule has 2 aromatic rings. The van der Waals surface area contributed by atoms with Gasteiger partial charge in [0.2, 0.25) is 17.7 Å². The molecule has 1 aliphatic carbocycles. The summed E-state index contributed by atoms with van der Waals surface area (Å²) in [5, 5.41) is 17.7. The molecule has 57 heavy (non-hydrogen) atoms. The number of halogens is 3. The van der Waals surface area contributed by atoms with Crippen molar-refractivity contribution in [3.8, 4) is 6.07 Å². The number of carbonyl (C=O) groups is 4. The number of thiocarbonyl (C=S) groups is 1. The number of carbonyl (C=O) groups excluding carboxylic acids is 4. The van der Waals surface area contributed by atoms with Gasteiger partial charge in [0, 0.05) is 55.6 Å². The summed E-state index contributed by atoms with van der Waals surface area (Å²) in [5.41, 5.74) is -1.94. The van der Waals surface area contributed by atoms with Gasteiger partial charge in [0.1, 0.15) is 17.6 Å². The van der Waals surface area contributed by atoms with Gasteiger partial charge in [0.15, 0.2) is 10.8 Å². The molecule has 306 valence electrons. The minimum absolute atomic E-state index is 0.0157. The number of alkyl halides is 3. The van der Waals surface area contributed by atoms with Gasteiger partial charge in [-0.05, 0) is 96.3 Å². The fourth-order valence-electron chi connectivity index (χ4n) is 8.40. The number of nitrogens with zero attached hydrogens (tertiary/aromatic N) is 6. The second-order valence-corrected chi connectivity index (χ2v) is 16.1. The van der Waals surface area contributed by atoms with Gasteiger partial charge >= 0.3 is 6.18 Å². The average Bonchev–Trinajstić information content (AvgIpc) is 3.32. The summed E-state index contributed by atoms with van der Waals surface area (Å²) in [6.45, 7) is 10.7. The van der Waals surface area contributed by atoms with E-state index in [1.807, 2.05) is 4.90 Å². The van der Waals surface area contributed by atoms with Gasteiger partial charge in [-0.2, -0.15) is 18.4 Å². The van der Waals surface area contributed by atoms with Crippen LogP contribution in [0.1, 0.15) is 77.5 Å². The van der Waals surface area contributed by atoms with Crippen molar-refractivity contribution in [2.45, 2.75) is 108 Å². The lowest BCUT2D eigenvalue weighted by Gasteiger charge is -2.44. The molecule has 1 aromatic heterocycles. The fourth-order valence-corrected chi connectivity index (χ4v) is 8.96. The van der Waals surface area contributed by atoms with Gasteiger partial charge in [-0.15, -0.1) is 0 Å². The Bertz CT molecular complexity index is 1920. The molecule has 0 spiro atoms. The van der Waals surface area contributed by atoms with E-state index < -0.39 is 34.9 Å². The maximum Gasteiger partial charge on any atom is 0.419 e. The summed E-state index contributed by atoms with van der Waals surface area (Å²) in [4.78, 5) is 61.5. The van der Waals surface area contributed by atoms with Gasteiger partial charge in [-0.1, -0.05) is 6.07 Å². The number of anilines is 3. The van der Waals surface area contributed by atoms with E-state index in [4.69, 9.17) is 22.2 Å². The Labute approximate surface area is 335 Å². The third-order valence-corrected chi connectivity index (χ3v) is 11.6. The Morgan fingerprint density at radius 3 is 2.40 bits per heavy atom. The highest BCUT2D eigenvalue weighted by Crippen LogP contribution is 2.40. The molecule has 3 aliphatic heterocycles. The minimum atomic E-state index is -4.83. The molecule has 3 atom stereocenters. The molecular weight excluding hydrogens is 764 g/mol. The lowest BCUT2D eigenvalue weighted by atomic mass is 9.89. The van der Waals surface area contributed by atoms with E-state index in [1.54, 1.807) is 38.1 Å². The summed E-state index contributed by atoms with van der Waals surface area (Å²) < 4.78 is 47.4. The highest BCUT2D eigenvalue weighted by molar-refractivity contribution is 7.80. The summed E-state index contributed by atoms with van der Waals surface area (Å²) in [6, 6.07) is 8.97. The average molecular weight is 812 g/mol. The number of aromatic nitrogens is 1. The van der Waals surface area contributed by atoms with Crippen LogP contribution in [0.3, 0.4) is 0 Å². The van der Waals surface area contributed by atoms with Crippen LogP contribution >= 0.6 is 12.2 Å². The summed E-state index contributed by atoms with van der Waals surface area (Å²) in [6.07, 6.45) is -0.230. The molecule has 1 aromatic carbocycles. The Morgan fingerprint density at radius 1 is 1.07 bits per heavy atom. The van der Waals surface area contributed by atoms with Crippen molar-refractivity contribution < 1.29 is 37.1 Å². The number of imide groups is 1. The summed E-state index contributed by atoms with van der Waals surface area (Å²) in [7, 11) is 0. The molecule has 0 radical (unpaired) electrons. The van der Waals surface area contributed by atoms with E-state index in [2.05, 4.69) is 44.6 Å². The zero-order valence-corrected chi connectivity index (χ0v) is 33.2. The smallest absolute Gasteiger partial charge is 0.377 e. The number of ether oxygens (including phenoxy) is 1. The van der Waals surface area contributed by atoms with Gasteiger partial charge in [-0.3, -0.25) is 39.2 Å². The standard InChI is InChI=1S/C39H48F3N9O5S/c1-23-20-48(21-24(2)49(23)22-34(53)46-26-7-5-6-25(16-26)45-31-12-13-33(52)47-35(31)54)14-15-56-29-10-8-27(9-11-29)51-37(57)50(36(55)38(51,3)4)28-17-30(39(40,41)42)32(18-43)44-19-28/h5-7,16-17,19,23-24,27,29,31,45H,8-15,20-22H2,1-4H3,(H,46,53)(H,47,52,54)/t23-,24+,27?,29?,31-/m1/s1. The summed E-state index contributed by atoms with van der Waals surface area (Å²) in [5.74, 6) is -1.24. The van der Waals surface area contributed by atoms with Crippen LogP contribution in [0.5, 0.6) is 0 Å². The largest absolute Gasteiger partial charge is 0.419 e. The van der Waals surface area contributed by atoms with Crippen LogP contribution in [0.25, 0.3) is 0 Å². The predicted molar refractivity (Wildman–Crippen MR) is 209 cm³/mol. The van der Waals surface area contributed by atoms with Gasteiger partial charge < -0.3 is 20.3 Å². The number of nitriles is 1. The Morgan fingerprint density at radius 2 is 1.75 bits per heavy atom. The Balaban J connectivity index is 0.943.